The molecular formula is C37H48F3N3O6S. The number of fused-ring (bicyclic) bond motifs is 1. The molecule has 13 heteroatoms. The summed E-state index contributed by atoms with van der Waals surface area (Å²) in [5.41, 5.74) is 1.27. The molecule has 274 valence electrons. The van der Waals surface area contributed by atoms with Crippen molar-refractivity contribution >= 4 is 21.6 Å². The van der Waals surface area contributed by atoms with Gasteiger partial charge in [-0.15, -0.1) is 0 Å². The maximum Gasteiger partial charge on any atom is 0.416 e. The fourth-order valence-electron chi connectivity index (χ4n) is 5.86. The summed E-state index contributed by atoms with van der Waals surface area (Å²) in [6.45, 7) is 8.65. The molecule has 1 heterocycles. The van der Waals surface area contributed by atoms with Crippen molar-refractivity contribution < 1.29 is 41.0 Å². The number of anilines is 1. The van der Waals surface area contributed by atoms with E-state index >= 15 is 0 Å². The maximum absolute atomic E-state index is 14.4. The van der Waals surface area contributed by atoms with Gasteiger partial charge in [-0.3, -0.25) is 14.4 Å². The number of sulfonamides is 1. The molecule has 0 fully saturated rings. The normalized spacial score (nSPS) is 20.5. The van der Waals surface area contributed by atoms with Crippen LogP contribution >= 0.6 is 0 Å². The minimum Gasteiger partial charge on any atom is -0.490 e. The van der Waals surface area contributed by atoms with Gasteiger partial charge in [0.15, 0.2) is 0 Å². The first-order chi connectivity index (χ1) is 23.6. The number of aryl methyl sites for hydroxylation is 1. The van der Waals surface area contributed by atoms with Crippen molar-refractivity contribution in [1.82, 2.24) is 9.80 Å². The van der Waals surface area contributed by atoms with Crippen LogP contribution in [0.15, 0.2) is 71.6 Å². The molecular weight excluding hydrogens is 671 g/mol. The first kappa shape index (κ1) is 39.1. The van der Waals surface area contributed by atoms with E-state index in [0.717, 1.165) is 36.1 Å². The number of aliphatic hydroxyl groups is 1. The Morgan fingerprint density at radius 3 is 2.36 bits per heavy atom. The van der Waals surface area contributed by atoms with Gasteiger partial charge in [-0.1, -0.05) is 36.8 Å². The van der Waals surface area contributed by atoms with E-state index in [0.29, 0.717) is 31.9 Å². The highest BCUT2D eigenvalue weighted by Gasteiger charge is 2.32. The highest BCUT2D eigenvalue weighted by Crippen LogP contribution is 2.31. The number of nitrogens with zero attached hydrogens (tertiary/aromatic N) is 2. The zero-order valence-electron chi connectivity index (χ0n) is 29.2. The summed E-state index contributed by atoms with van der Waals surface area (Å²) in [6, 6.07) is 15.5. The number of nitrogens with one attached hydrogen (secondary N) is 1. The van der Waals surface area contributed by atoms with Gasteiger partial charge in [-0.2, -0.15) is 13.2 Å². The monoisotopic (exact) mass is 719 g/mol. The van der Waals surface area contributed by atoms with Gasteiger partial charge < -0.3 is 19.5 Å². The number of benzene rings is 3. The zero-order chi connectivity index (χ0) is 36.6. The van der Waals surface area contributed by atoms with Gasteiger partial charge in [-0.05, 0) is 95.1 Å². The lowest BCUT2D eigenvalue weighted by molar-refractivity contribution is -0.137. The fourth-order valence-corrected chi connectivity index (χ4v) is 6.91. The van der Waals surface area contributed by atoms with Crippen LogP contribution in [0.2, 0.25) is 0 Å². The Balaban J connectivity index is 1.61. The van der Waals surface area contributed by atoms with Crippen molar-refractivity contribution in [2.45, 2.75) is 82.8 Å². The van der Waals surface area contributed by atoms with E-state index in [2.05, 4.69) is 4.72 Å². The van der Waals surface area contributed by atoms with E-state index in [-0.39, 0.29) is 47.4 Å². The molecule has 3 aromatic carbocycles. The zero-order valence-corrected chi connectivity index (χ0v) is 30.1. The lowest BCUT2D eigenvalue weighted by Gasteiger charge is -2.36. The van der Waals surface area contributed by atoms with E-state index < -0.39 is 33.7 Å². The summed E-state index contributed by atoms with van der Waals surface area (Å²) in [4.78, 5) is 18.0. The Labute approximate surface area is 293 Å². The van der Waals surface area contributed by atoms with E-state index in [1.807, 2.05) is 32.7 Å². The third-order valence-electron chi connectivity index (χ3n) is 8.86. The van der Waals surface area contributed by atoms with Gasteiger partial charge in [0.1, 0.15) is 5.75 Å². The van der Waals surface area contributed by atoms with Crippen LogP contribution in [0.1, 0.15) is 67.1 Å². The Hall–Kier alpha value is -3.65. The lowest BCUT2D eigenvalue weighted by Crippen LogP contribution is -2.47. The van der Waals surface area contributed by atoms with Gasteiger partial charge in [0, 0.05) is 37.8 Å². The van der Waals surface area contributed by atoms with Crippen LogP contribution in [0.3, 0.4) is 0 Å². The van der Waals surface area contributed by atoms with E-state index in [4.69, 9.17) is 9.47 Å². The predicted octanol–water partition coefficient (Wildman–Crippen LogP) is 6.74. The molecule has 0 bridgehead atoms. The summed E-state index contributed by atoms with van der Waals surface area (Å²) in [5.74, 6) is -0.354. The second-order valence-corrected chi connectivity index (χ2v) is 15.0. The number of halogens is 3. The summed E-state index contributed by atoms with van der Waals surface area (Å²) in [6.07, 6.45) is -2.76. The molecule has 0 unspecified atom stereocenters. The summed E-state index contributed by atoms with van der Waals surface area (Å²) >= 11 is 0. The third-order valence-corrected chi connectivity index (χ3v) is 10.3. The third kappa shape index (κ3) is 10.7. The number of hydrogen-bond donors (Lipinski definition) is 2. The topological polar surface area (TPSA) is 108 Å². The predicted molar refractivity (Wildman–Crippen MR) is 187 cm³/mol. The van der Waals surface area contributed by atoms with Crippen LogP contribution < -0.4 is 9.46 Å². The number of amides is 1. The molecule has 9 nitrogen and oxygen atoms in total. The van der Waals surface area contributed by atoms with Crippen molar-refractivity contribution in [3.05, 3.63) is 89.0 Å². The van der Waals surface area contributed by atoms with Crippen LogP contribution in [0.5, 0.6) is 5.75 Å². The van der Waals surface area contributed by atoms with Crippen LogP contribution in [0.25, 0.3) is 0 Å². The minimum absolute atomic E-state index is 0.0815. The minimum atomic E-state index is -4.41. The Morgan fingerprint density at radius 1 is 1.04 bits per heavy atom. The van der Waals surface area contributed by atoms with Crippen LogP contribution in [0.4, 0.5) is 18.9 Å². The number of rotatable bonds is 9. The number of alkyl halides is 3. The summed E-state index contributed by atoms with van der Waals surface area (Å²) in [5, 5.41) is 10.2. The Kier molecular flexibility index (Phi) is 13.3. The first-order valence-corrected chi connectivity index (χ1v) is 18.3. The molecule has 0 saturated carbocycles. The molecule has 0 spiro atoms. The van der Waals surface area contributed by atoms with Crippen molar-refractivity contribution in [1.29, 1.82) is 0 Å². The number of ether oxygens (including phenoxy) is 2. The van der Waals surface area contributed by atoms with Crippen LogP contribution in [0, 0.1) is 12.8 Å². The largest absolute Gasteiger partial charge is 0.490 e. The standard InChI is InChI=1S/C37H48F3N3O6S/c1-25-9-16-32(17-10-25)50(46,47)41-31-15-18-34-33(20-31)36(45)43(27(3)24-44)21-26(2)35(48-19-7-6-8-28(4)49-34)23-42(5)22-29-11-13-30(14-12-29)37(38,39)40/h9-18,20,26-28,35,41,44H,6-8,19,21-24H2,1-5H3/t26-,27-,28-,35+/m1/s1. The Bertz CT molecular complexity index is 1670. The van der Waals surface area contributed by atoms with Crippen LogP contribution in [-0.4, -0.2) is 80.8 Å². The van der Waals surface area contributed by atoms with E-state index in [1.165, 1.54) is 30.3 Å². The molecule has 1 aliphatic heterocycles. The number of aliphatic hydroxyl groups excluding tert-OH is 1. The SMILES string of the molecule is Cc1ccc(S(=O)(=O)Nc2ccc3c(c2)C(=O)N([C@H](C)CO)C[C@@H](C)[C@H](CN(C)Cc2ccc(C(F)(F)F)cc2)OCCCC[C@@H](C)O3)cc1. The number of likely N-dealkylation sites (N-methyl/N-ethyl adjacent to an activating group) is 1. The van der Waals surface area contributed by atoms with Gasteiger partial charge in [0.2, 0.25) is 0 Å². The van der Waals surface area contributed by atoms with Crippen molar-refractivity contribution in [3.8, 4) is 5.75 Å². The molecule has 0 aromatic heterocycles. The maximum atomic E-state index is 14.4. The number of carbonyl (C=O) groups is 1. The first-order valence-electron chi connectivity index (χ1n) is 16.9. The number of hydrogen-bond acceptors (Lipinski definition) is 7. The second kappa shape index (κ2) is 17.0. The lowest BCUT2D eigenvalue weighted by atomic mass is 10.0. The average molecular weight is 720 g/mol. The second-order valence-electron chi connectivity index (χ2n) is 13.3. The highest BCUT2D eigenvalue weighted by molar-refractivity contribution is 7.92. The molecule has 2 N–H and O–H groups in total. The quantitative estimate of drug-likeness (QED) is 0.252. The molecule has 3 aromatic rings. The van der Waals surface area contributed by atoms with Gasteiger partial charge in [-0.25, -0.2) is 8.42 Å². The summed E-state index contributed by atoms with van der Waals surface area (Å²) in [7, 11) is -2.09. The van der Waals surface area contributed by atoms with Gasteiger partial charge in [0.25, 0.3) is 15.9 Å². The molecule has 4 atom stereocenters. The molecule has 1 aliphatic rings. The molecule has 50 heavy (non-hydrogen) atoms. The fraction of sp³-hybridized carbons (Fsp3) is 0.486. The molecule has 4 rings (SSSR count). The molecule has 0 aliphatic carbocycles. The Morgan fingerprint density at radius 2 is 1.72 bits per heavy atom. The highest BCUT2D eigenvalue weighted by atomic mass is 32.2. The molecule has 0 radical (unpaired) electrons. The van der Waals surface area contributed by atoms with E-state index in [9.17, 15) is 31.5 Å². The molecule has 0 saturated heterocycles. The number of carbonyl (C=O) groups excluding carboxylic acids is 1. The van der Waals surface area contributed by atoms with Crippen molar-refractivity contribution in [2.75, 3.05) is 38.1 Å². The van der Waals surface area contributed by atoms with Crippen molar-refractivity contribution in [2.24, 2.45) is 5.92 Å². The molecule has 1 amide bonds. The van der Waals surface area contributed by atoms with E-state index in [1.54, 1.807) is 36.1 Å². The van der Waals surface area contributed by atoms with Crippen molar-refractivity contribution in [3.63, 3.8) is 0 Å². The van der Waals surface area contributed by atoms with Crippen LogP contribution in [-0.2, 0) is 27.5 Å². The summed E-state index contributed by atoms with van der Waals surface area (Å²) < 4.78 is 80.9. The van der Waals surface area contributed by atoms with Gasteiger partial charge in [0.05, 0.1) is 40.9 Å². The average Bonchev–Trinajstić information content (AvgIpc) is 3.06. The van der Waals surface area contributed by atoms with Gasteiger partial charge >= 0.3 is 6.18 Å². The smallest absolute Gasteiger partial charge is 0.416 e.